The summed E-state index contributed by atoms with van der Waals surface area (Å²) < 4.78 is 24.4. The van der Waals surface area contributed by atoms with Gasteiger partial charge in [-0.05, 0) is 31.7 Å². The van der Waals surface area contributed by atoms with Gasteiger partial charge in [-0.25, -0.2) is 13.6 Å². The fraction of sp³-hybridized carbons (Fsp3) is 0.615. The molecule has 6 nitrogen and oxygen atoms in total. The van der Waals surface area contributed by atoms with Crippen molar-refractivity contribution in [1.29, 1.82) is 0 Å². The topological polar surface area (TPSA) is 85.4 Å². The fourth-order valence-corrected chi connectivity index (χ4v) is 3.00. The van der Waals surface area contributed by atoms with Crippen LogP contribution in [0.2, 0.25) is 0 Å². The molecule has 1 fully saturated rings. The van der Waals surface area contributed by atoms with E-state index in [9.17, 15) is 13.2 Å². The average Bonchev–Trinajstić information content (AvgIpc) is 2.82. The number of piperidine rings is 1. The molecule has 7 heteroatoms. The maximum absolute atomic E-state index is 12.5. The van der Waals surface area contributed by atoms with E-state index in [-0.39, 0.29) is 10.8 Å². The molecule has 1 amide bonds. The Bertz CT molecular complexity index is 598. The normalized spacial score (nSPS) is 17.4. The molecule has 0 radical (unpaired) electrons. The van der Waals surface area contributed by atoms with Gasteiger partial charge < -0.3 is 9.47 Å². The van der Waals surface area contributed by atoms with Gasteiger partial charge in [-0.2, -0.15) is 0 Å². The third-order valence-electron chi connectivity index (χ3n) is 3.83. The van der Waals surface area contributed by atoms with Crippen molar-refractivity contribution < 1.29 is 13.2 Å². The molecule has 0 unspecified atom stereocenters. The number of primary sulfonamides is 1. The van der Waals surface area contributed by atoms with Crippen molar-refractivity contribution in [3.63, 3.8) is 0 Å². The van der Waals surface area contributed by atoms with Crippen molar-refractivity contribution in [1.82, 2.24) is 9.47 Å². The van der Waals surface area contributed by atoms with E-state index >= 15 is 0 Å². The lowest BCUT2D eigenvalue weighted by atomic mass is 9.99. The number of aryl methyl sites for hydroxylation is 1. The fourth-order valence-electron chi connectivity index (χ4n) is 2.45. The summed E-state index contributed by atoms with van der Waals surface area (Å²) in [6.45, 7) is 6.01. The maximum Gasteiger partial charge on any atom is 0.270 e. The highest BCUT2D eigenvalue weighted by Gasteiger charge is 2.25. The molecule has 1 saturated heterocycles. The summed E-state index contributed by atoms with van der Waals surface area (Å²) in [5.74, 6) is 0.519. The van der Waals surface area contributed by atoms with Crippen LogP contribution in [0.5, 0.6) is 0 Å². The number of carbonyl (C=O) groups excluding carboxylic acids is 1. The van der Waals surface area contributed by atoms with Gasteiger partial charge in [0.2, 0.25) is 10.0 Å². The summed E-state index contributed by atoms with van der Waals surface area (Å²) in [7, 11) is -3.78. The van der Waals surface area contributed by atoms with Crippen molar-refractivity contribution >= 4 is 15.9 Å². The van der Waals surface area contributed by atoms with Gasteiger partial charge in [0.25, 0.3) is 5.91 Å². The lowest BCUT2D eigenvalue weighted by molar-refractivity contribution is 0.0686. The highest BCUT2D eigenvalue weighted by atomic mass is 32.2. The van der Waals surface area contributed by atoms with Crippen LogP contribution in [0, 0.1) is 5.92 Å². The van der Waals surface area contributed by atoms with Crippen LogP contribution < -0.4 is 5.14 Å². The SMILES string of the molecule is CCn1cc(S(N)(=O)=O)cc1C(=O)N1CCC(C)CC1. The summed E-state index contributed by atoms with van der Waals surface area (Å²) in [5, 5.41) is 5.12. The van der Waals surface area contributed by atoms with Crippen molar-refractivity contribution in [2.24, 2.45) is 11.1 Å². The predicted octanol–water partition coefficient (Wildman–Crippen LogP) is 1.03. The lowest BCUT2D eigenvalue weighted by Crippen LogP contribution is -2.38. The molecule has 20 heavy (non-hydrogen) atoms. The molecule has 0 aliphatic carbocycles. The lowest BCUT2D eigenvalue weighted by Gasteiger charge is -2.30. The number of amides is 1. The van der Waals surface area contributed by atoms with E-state index in [1.807, 2.05) is 6.92 Å². The van der Waals surface area contributed by atoms with Gasteiger partial charge >= 0.3 is 0 Å². The van der Waals surface area contributed by atoms with Gasteiger partial charge in [0.05, 0.1) is 0 Å². The molecule has 0 aromatic carbocycles. The molecular weight excluding hydrogens is 278 g/mol. The van der Waals surface area contributed by atoms with E-state index in [4.69, 9.17) is 5.14 Å². The Morgan fingerprint density at radius 1 is 1.40 bits per heavy atom. The smallest absolute Gasteiger partial charge is 0.270 e. The summed E-state index contributed by atoms with van der Waals surface area (Å²) in [4.78, 5) is 14.3. The Balaban J connectivity index is 2.27. The first-order chi connectivity index (χ1) is 9.32. The first-order valence-corrected chi connectivity index (χ1v) is 8.39. The first kappa shape index (κ1) is 15.1. The molecule has 0 spiro atoms. The average molecular weight is 299 g/mol. The number of likely N-dealkylation sites (tertiary alicyclic amines) is 1. The van der Waals surface area contributed by atoms with Gasteiger partial charge in [-0.1, -0.05) is 6.92 Å². The quantitative estimate of drug-likeness (QED) is 0.904. The number of aromatic nitrogens is 1. The first-order valence-electron chi connectivity index (χ1n) is 6.85. The third kappa shape index (κ3) is 3.04. The third-order valence-corrected chi connectivity index (χ3v) is 4.71. The standard InChI is InChI=1S/C13H21N3O3S/c1-3-15-9-11(20(14,18)19)8-12(15)13(17)16-6-4-10(2)5-7-16/h8-10H,3-7H2,1-2H3,(H2,14,18,19). The maximum atomic E-state index is 12.5. The molecule has 1 aliphatic heterocycles. The number of sulfonamides is 1. The van der Waals surface area contributed by atoms with E-state index in [0.29, 0.717) is 18.2 Å². The van der Waals surface area contributed by atoms with Crippen molar-refractivity contribution in [3.05, 3.63) is 18.0 Å². The van der Waals surface area contributed by atoms with Crippen molar-refractivity contribution in [2.75, 3.05) is 13.1 Å². The second kappa shape index (κ2) is 5.57. The highest BCUT2D eigenvalue weighted by molar-refractivity contribution is 7.89. The molecule has 2 heterocycles. The number of nitrogens with two attached hydrogens (primary N) is 1. The van der Waals surface area contributed by atoms with Crippen LogP contribution in [0.1, 0.15) is 37.2 Å². The summed E-state index contributed by atoms with van der Waals surface area (Å²) in [6.07, 6.45) is 3.40. The van der Waals surface area contributed by atoms with Crippen LogP contribution >= 0.6 is 0 Å². The zero-order valence-electron chi connectivity index (χ0n) is 11.9. The Labute approximate surface area is 119 Å². The van der Waals surface area contributed by atoms with E-state index in [2.05, 4.69) is 6.92 Å². The zero-order valence-corrected chi connectivity index (χ0v) is 12.7. The molecule has 2 N–H and O–H groups in total. The molecule has 2 rings (SSSR count). The molecule has 0 saturated carbocycles. The Morgan fingerprint density at radius 2 is 2.00 bits per heavy atom. The summed E-state index contributed by atoms with van der Waals surface area (Å²) >= 11 is 0. The zero-order chi connectivity index (χ0) is 14.9. The van der Waals surface area contributed by atoms with Gasteiger partial charge in [-0.15, -0.1) is 0 Å². The van der Waals surface area contributed by atoms with E-state index in [1.54, 1.807) is 9.47 Å². The number of nitrogens with zero attached hydrogens (tertiary/aromatic N) is 2. The van der Waals surface area contributed by atoms with Crippen LogP contribution in [-0.4, -0.2) is 36.9 Å². The monoisotopic (exact) mass is 299 g/mol. The second-order valence-corrected chi connectivity index (χ2v) is 6.93. The summed E-state index contributed by atoms with van der Waals surface area (Å²) in [6, 6.07) is 1.37. The minimum Gasteiger partial charge on any atom is -0.342 e. The van der Waals surface area contributed by atoms with Crippen molar-refractivity contribution in [2.45, 2.75) is 38.1 Å². The van der Waals surface area contributed by atoms with Gasteiger partial charge in [0, 0.05) is 25.8 Å². The number of rotatable bonds is 3. The number of hydrogen-bond acceptors (Lipinski definition) is 3. The van der Waals surface area contributed by atoms with E-state index < -0.39 is 10.0 Å². The Morgan fingerprint density at radius 3 is 2.50 bits per heavy atom. The molecule has 0 atom stereocenters. The molecule has 112 valence electrons. The predicted molar refractivity (Wildman–Crippen MR) is 75.8 cm³/mol. The minimum absolute atomic E-state index is 0.00641. The van der Waals surface area contributed by atoms with Crippen molar-refractivity contribution in [3.8, 4) is 0 Å². The summed E-state index contributed by atoms with van der Waals surface area (Å²) in [5.41, 5.74) is 0.395. The van der Waals surface area contributed by atoms with Crippen LogP contribution in [-0.2, 0) is 16.6 Å². The number of carbonyl (C=O) groups is 1. The highest BCUT2D eigenvalue weighted by Crippen LogP contribution is 2.20. The van der Waals surface area contributed by atoms with Gasteiger partial charge in [0.15, 0.2) is 0 Å². The molecule has 1 aliphatic rings. The Hall–Kier alpha value is -1.34. The number of hydrogen-bond donors (Lipinski definition) is 1. The van der Waals surface area contributed by atoms with Crippen LogP contribution in [0.15, 0.2) is 17.2 Å². The molecule has 0 bridgehead atoms. The minimum atomic E-state index is -3.78. The van der Waals surface area contributed by atoms with Crippen LogP contribution in [0.25, 0.3) is 0 Å². The largest absolute Gasteiger partial charge is 0.342 e. The van der Waals surface area contributed by atoms with Gasteiger partial charge in [0.1, 0.15) is 10.6 Å². The molecular formula is C13H21N3O3S. The van der Waals surface area contributed by atoms with E-state index in [0.717, 1.165) is 25.9 Å². The van der Waals surface area contributed by atoms with Gasteiger partial charge in [-0.3, -0.25) is 4.79 Å². The molecule has 1 aromatic heterocycles. The molecule has 1 aromatic rings. The Kier molecular flexibility index (Phi) is 4.19. The second-order valence-electron chi connectivity index (χ2n) is 5.37. The van der Waals surface area contributed by atoms with Crippen LogP contribution in [0.3, 0.4) is 0 Å². The van der Waals surface area contributed by atoms with Crippen LogP contribution in [0.4, 0.5) is 0 Å². The van der Waals surface area contributed by atoms with E-state index in [1.165, 1.54) is 12.3 Å².